The Morgan fingerprint density at radius 3 is 2.66 bits per heavy atom. The summed E-state index contributed by atoms with van der Waals surface area (Å²) in [6, 6.07) is 12.4. The van der Waals surface area contributed by atoms with Crippen molar-refractivity contribution >= 4 is 10.0 Å². The molecule has 0 bridgehead atoms. The first kappa shape index (κ1) is 21.6. The molecular weight excluding hydrogens is 433 g/mol. The predicted molar refractivity (Wildman–Crippen MR) is 116 cm³/mol. The Labute approximate surface area is 184 Å². The molecule has 0 radical (unpaired) electrons. The Hall–Kier alpha value is -3.63. The van der Waals surface area contributed by atoms with Gasteiger partial charge in [0.05, 0.1) is 5.69 Å². The van der Waals surface area contributed by atoms with Gasteiger partial charge in [-0.2, -0.15) is 10.2 Å². The lowest BCUT2D eigenvalue weighted by molar-refractivity contribution is 0.298. The molecule has 0 fully saturated rings. The van der Waals surface area contributed by atoms with E-state index < -0.39 is 15.8 Å². The summed E-state index contributed by atoms with van der Waals surface area (Å²) in [6.07, 6.45) is 5.78. The quantitative estimate of drug-likeness (QED) is 0.438. The maximum atomic E-state index is 15.1. The van der Waals surface area contributed by atoms with Gasteiger partial charge in [0.1, 0.15) is 28.8 Å². The van der Waals surface area contributed by atoms with Crippen molar-refractivity contribution in [3.8, 4) is 17.0 Å². The van der Waals surface area contributed by atoms with Crippen LogP contribution in [0.1, 0.15) is 11.3 Å². The summed E-state index contributed by atoms with van der Waals surface area (Å²) in [5.41, 5.74) is 1.63. The molecule has 1 aromatic carbocycles. The second-order valence-electron chi connectivity index (χ2n) is 6.90. The summed E-state index contributed by atoms with van der Waals surface area (Å²) >= 11 is 0. The first-order chi connectivity index (χ1) is 15.5. The van der Waals surface area contributed by atoms with Crippen LogP contribution in [0.4, 0.5) is 4.39 Å². The van der Waals surface area contributed by atoms with Gasteiger partial charge in [0.2, 0.25) is 0 Å². The molecule has 8 nitrogen and oxygen atoms in total. The second-order valence-corrected chi connectivity index (χ2v) is 8.71. The number of aromatic nitrogens is 4. The number of hydrogen-bond donors (Lipinski definition) is 1. The first-order valence-corrected chi connectivity index (χ1v) is 11.1. The number of hydrogen-bond acceptors (Lipinski definition) is 7. The minimum atomic E-state index is -3.98. The van der Waals surface area contributed by atoms with E-state index in [1.807, 2.05) is 0 Å². The highest BCUT2D eigenvalue weighted by atomic mass is 32.2. The van der Waals surface area contributed by atoms with Crippen LogP contribution in [0, 0.1) is 5.82 Å². The third-order valence-corrected chi connectivity index (χ3v) is 6.30. The number of ether oxygens (including phenoxy) is 1. The Bertz CT molecular complexity index is 1310. The molecule has 3 aromatic heterocycles. The number of nitrogens with zero attached hydrogens (tertiary/aromatic N) is 4. The lowest BCUT2D eigenvalue weighted by Crippen LogP contribution is -2.14. The molecule has 0 unspecified atom stereocenters. The third-order valence-electron chi connectivity index (χ3n) is 4.65. The Morgan fingerprint density at radius 1 is 1.12 bits per heavy atom. The van der Waals surface area contributed by atoms with Crippen LogP contribution >= 0.6 is 0 Å². The molecule has 10 heteroatoms. The van der Waals surface area contributed by atoms with Gasteiger partial charge in [-0.25, -0.2) is 16.8 Å². The molecule has 32 heavy (non-hydrogen) atoms. The number of pyridine rings is 1. The lowest BCUT2D eigenvalue weighted by Gasteiger charge is -2.12. The zero-order valence-electron chi connectivity index (χ0n) is 17.1. The first-order valence-electron chi connectivity index (χ1n) is 9.70. The topological polar surface area (TPSA) is 99.0 Å². The van der Waals surface area contributed by atoms with Gasteiger partial charge in [-0.3, -0.25) is 4.98 Å². The van der Waals surface area contributed by atoms with Crippen LogP contribution in [-0.4, -0.2) is 34.6 Å². The van der Waals surface area contributed by atoms with Crippen molar-refractivity contribution in [2.24, 2.45) is 0 Å². The lowest BCUT2D eigenvalue weighted by atomic mass is 10.1. The zero-order chi connectivity index (χ0) is 22.6. The van der Waals surface area contributed by atoms with Gasteiger partial charge in [0.15, 0.2) is 0 Å². The molecule has 0 aliphatic rings. The summed E-state index contributed by atoms with van der Waals surface area (Å²) in [5, 5.41) is 10.7. The summed E-state index contributed by atoms with van der Waals surface area (Å²) in [7, 11) is -2.23. The van der Waals surface area contributed by atoms with Crippen LogP contribution in [0.5, 0.6) is 5.75 Å². The van der Waals surface area contributed by atoms with Gasteiger partial charge < -0.3 is 10.1 Å². The molecule has 0 saturated heterocycles. The second kappa shape index (κ2) is 9.25. The van der Waals surface area contributed by atoms with Crippen LogP contribution in [0.3, 0.4) is 0 Å². The van der Waals surface area contributed by atoms with Gasteiger partial charge in [0.25, 0.3) is 10.0 Å². The van der Waals surface area contributed by atoms with Crippen LogP contribution in [0.2, 0.25) is 0 Å². The van der Waals surface area contributed by atoms with E-state index in [2.05, 4.69) is 20.5 Å². The molecular formula is C22H20FN5O3S. The summed E-state index contributed by atoms with van der Waals surface area (Å²) in [5.74, 6) is -0.320. The van der Waals surface area contributed by atoms with Crippen LogP contribution in [0.25, 0.3) is 11.3 Å². The molecule has 164 valence electrons. The fraction of sp³-hybridized carbons (Fsp3) is 0.136. The van der Waals surface area contributed by atoms with Crippen molar-refractivity contribution in [2.75, 3.05) is 7.05 Å². The van der Waals surface area contributed by atoms with Crippen LogP contribution in [0.15, 0.2) is 78.2 Å². The third kappa shape index (κ3) is 4.51. The fourth-order valence-electron chi connectivity index (χ4n) is 3.17. The smallest absolute Gasteiger partial charge is 0.269 e. The Kier molecular flexibility index (Phi) is 6.24. The van der Waals surface area contributed by atoms with E-state index in [4.69, 9.17) is 4.74 Å². The average molecular weight is 453 g/mol. The number of benzene rings is 1. The molecule has 0 spiro atoms. The Balaban J connectivity index is 1.70. The van der Waals surface area contributed by atoms with Gasteiger partial charge in [-0.15, -0.1) is 0 Å². The highest BCUT2D eigenvalue weighted by Crippen LogP contribution is 2.31. The molecule has 4 aromatic rings. The van der Waals surface area contributed by atoms with Gasteiger partial charge in [-0.1, -0.05) is 0 Å². The summed E-state index contributed by atoms with van der Waals surface area (Å²) in [6.45, 7) is 0.550. The van der Waals surface area contributed by atoms with E-state index in [1.165, 1.54) is 42.9 Å². The van der Waals surface area contributed by atoms with E-state index in [-0.39, 0.29) is 22.8 Å². The summed E-state index contributed by atoms with van der Waals surface area (Å²) < 4.78 is 48.2. The zero-order valence-corrected chi connectivity index (χ0v) is 18.0. The highest BCUT2D eigenvalue weighted by molar-refractivity contribution is 7.90. The molecule has 0 aliphatic carbocycles. The SMILES string of the molecule is CNCc1cc(-c2ccc(OCc3cccnn3)cc2F)n(S(=O)(=O)c2cccnc2)c1. The Morgan fingerprint density at radius 2 is 1.97 bits per heavy atom. The maximum absolute atomic E-state index is 15.1. The van der Waals surface area contributed by atoms with Crippen molar-refractivity contribution in [2.45, 2.75) is 18.0 Å². The molecule has 0 atom stereocenters. The molecule has 3 heterocycles. The number of nitrogens with one attached hydrogen (secondary N) is 1. The number of rotatable bonds is 8. The van der Waals surface area contributed by atoms with Crippen molar-refractivity contribution in [1.82, 2.24) is 24.5 Å². The van der Waals surface area contributed by atoms with E-state index in [1.54, 1.807) is 37.5 Å². The molecule has 0 aliphatic heterocycles. The normalized spacial score (nSPS) is 11.4. The van der Waals surface area contributed by atoms with Crippen molar-refractivity contribution in [3.63, 3.8) is 0 Å². The maximum Gasteiger partial charge on any atom is 0.269 e. The van der Waals surface area contributed by atoms with E-state index in [0.717, 1.165) is 3.97 Å². The molecule has 4 rings (SSSR count). The monoisotopic (exact) mass is 453 g/mol. The molecule has 0 amide bonds. The predicted octanol–water partition coefficient (Wildman–Crippen LogP) is 3.01. The highest BCUT2D eigenvalue weighted by Gasteiger charge is 2.23. The van der Waals surface area contributed by atoms with E-state index >= 15 is 4.39 Å². The van der Waals surface area contributed by atoms with Crippen LogP contribution in [-0.2, 0) is 23.2 Å². The van der Waals surface area contributed by atoms with Gasteiger partial charge >= 0.3 is 0 Å². The standard InChI is InChI=1S/C22H20FN5O3S/c1-24-12-16-10-22(28(14-16)32(29,30)19-5-3-8-25-13-19)20-7-6-18(11-21(20)23)31-15-17-4-2-9-26-27-17/h2-11,13-14,24H,12,15H2,1H3. The largest absolute Gasteiger partial charge is 0.487 e. The minimum Gasteiger partial charge on any atom is -0.487 e. The van der Waals surface area contributed by atoms with Crippen molar-refractivity contribution < 1.29 is 17.5 Å². The number of halogens is 1. The van der Waals surface area contributed by atoms with E-state index in [0.29, 0.717) is 23.6 Å². The van der Waals surface area contributed by atoms with Crippen molar-refractivity contribution in [1.29, 1.82) is 0 Å². The molecule has 0 saturated carbocycles. The summed E-state index contributed by atoms with van der Waals surface area (Å²) in [4.78, 5) is 3.90. The minimum absolute atomic E-state index is 0.0113. The van der Waals surface area contributed by atoms with E-state index in [9.17, 15) is 8.42 Å². The van der Waals surface area contributed by atoms with Gasteiger partial charge in [-0.05, 0) is 55.1 Å². The van der Waals surface area contributed by atoms with Crippen LogP contribution < -0.4 is 10.1 Å². The molecule has 1 N–H and O–H groups in total. The fourth-order valence-corrected chi connectivity index (χ4v) is 4.52. The average Bonchev–Trinajstić information content (AvgIpc) is 3.24. The van der Waals surface area contributed by atoms with Gasteiger partial charge in [0, 0.05) is 43.0 Å². The van der Waals surface area contributed by atoms with Crippen molar-refractivity contribution in [3.05, 3.63) is 90.4 Å².